The van der Waals surface area contributed by atoms with Crippen molar-refractivity contribution in [3.8, 4) is 0 Å². The summed E-state index contributed by atoms with van der Waals surface area (Å²) in [5.74, 6) is -1.30. The maximum absolute atomic E-state index is 13.5. The van der Waals surface area contributed by atoms with Crippen LogP contribution in [0.1, 0.15) is 74.0 Å². The molecule has 1 aromatic rings. The SMILES string of the molecule is CC(C)C[C@@H](C(=O)NC(C)(C)C)N(C[C@@H]1CCCO1)C(=O)c1snc(C(N)=O)c1N. The van der Waals surface area contributed by atoms with E-state index < -0.39 is 23.4 Å². The highest BCUT2D eigenvalue weighted by atomic mass is 32.1. The van der Waals surface area contributed by atoms with E-state index in [4.69, 9.17) is 16.2 Å². The summed E-state index contributed by atoms with van der Waals surface area (Å²) >= 11 is 0.820. The number of carbonyl (C=O) groups excluding carboxylic acids is 3. The molecule has 168 valence electrons. The van der Waals surface area contributed by atoms with Crippen LogP contribution in [0, 0.1) is 5.92 Å². The molecule has 1 saturated heterocycles. The van der Waals surface area contributed by atoms with Gasteiger partial charge in [0.1, 0.15) is 10.9 Å². The molecule has 2 rings (SSSR count). The van der Waals surface area contributed by atoms with Gasteiger partial charge in [0, 0.05) is 18.7 Å². The van der Waals surface area contributed by atoms with Crippen molar-refractivity contribution in [3.05, 3.63) is 10.6 Å². The number of nitrogens with one attached hydrogen (secondary N) is 1. The van der Waals surface area contributed by atoms with Gasteiger partial charge in [-0.3, -0.25) is 14.4 Å². The largest absolute Gasteiger partial charge is 0.395 e. The second-order valence-corrected chi connectivity index (χ2v) is 9.89. The predicted octanol–water partition coefficient (Wildman–Crippen LogP) is 1.77. The van der Waals surface area contributed by atoms with Gasteiger partial charge >= 0.3 is 0 Å². The summed E-state index contributed by atoms with van der Waals surface area (Å²) in [5.41, 5.74) is 10.7. The molecular weight excluding hydrogens is 406 g/mol. The zero-order valence-electron chi connectivity index (χ0n) is 18.4. The number of primary amides is 1. The van der Waals surface area contributed by atoms with Crippen LogP contribution in [0.15, 0.2) is 0 Å². The molecule has 2 heterocycles. The van der Waals surface area contributed by atoms with Crippen molar-refractivity contribution < 1.29 is 19.1 Å². The van der Waals surface area contributed by atoms with Crippen molar-refractivity contribution in [2.45, 2.75) is 71.6 Å². The molecule has 0 spiro atoms. The topological polar surface area (TPSA) is 141 Å². The Labute approximate surface area is 181 Å². The van der Waals surface area contributed by atoms with Crippen LogP contribution in [-0.2, 0) is 9.53 Å². The molecule has 10 heteroatoms. The maximum Gasteiger partial charge on any atom is 0.270 e. The normalized spacial score (nSPS) is 17.7. The lowest BCUT2D eigenvalue weighted by Gasteiger charge is -2.35. The summed E-state index contributed by atoms with van der Waals surface area (Å²) in [4.78, 5) is 39.8. The molecule has 0 aromatic carbocycles. The van der Waals surface area contributed by atoms with Crippen LogP contribution in [0.5, 0.6) is 0 Å². The van der Waals surface area contributed by atoms with E-state index in [0.29, 0.717) is 13.0 Å². The third kappa shape index (κ3) is 6.15. The Bertz CT molecular complexity index is 781. The number of amides is 3. The minimum absolute atomic E-state index is 0.0469. The van der Waals surface area contributed by atoms with Gasteiger partial charge in [-0.1, -0.05) is 13.8 Å². The van der Waals surface area contributed by atoms with Crippen LogP contribution in [0.4, 0.5) is 5.69 Å². The molecule has 30 heavy (non-hydrogen) atoms. The number of anilines is 1. The molecule has 9 nitrogen and oxygen atoms in total. The quantitative estimate of drug-likeness (QED) is 0.564. The first kappa shape index (κ1) is 24.1. The van der Waals surface area contributed by atoms with Crippen LogP contribution in [0.3, 0.4) is 0 Å². The Morgan fingerprint density at radius 2 is 2.00 bits per heavy atom. The Kier molecular flexibility index (Phi) is 7.81. The standard InChI is InChI=1S/C20H33N5O4S/c1-11(2)9-13(18(27)23-20(3,4)5)25(10-12-7-6-8-29-12)19(28)16-14(21)15(17(22)26)24-30-16/h11-13H,6-10,21H2,1-5H3,(H2,22,26)(H,23,27)/t12-,13-/m0/s1. The predicted molar refractivity (Wildman–Crippen MR) is 116 cm³/mol. The Balaban J connectivity index is 2.43. The average molecular weight is 440 g/mol. The van der Waals surface area contributed by atoms with Crippen LogP contribution in [0.25, 0.3) is 0 Å². The van der Waals surface area contributed by atoms with Crippen LogP contribution >= 0.6 is 11.5 Å². The fourth-order valence-electron chi connectivity index (χ4n) is 3.39. The third-order valence-corrected chi connectivity index (χ3v) is 5.56. The second-order valence-electron chi connectivity index (χ2n) is 9.12. The van der Waals surface area contributed by atoms with Gasteiger partial charge in [0.15, 0.2) is 5.69 Å². The van der Waals surface area contributed by atoms with Crippen molar-refractivity contribution in [1.29, 1.82) is 0 Å². The highest BCUT2D eigenvalue weighted by Crippen LogP contribution is 2.27. The van der Waals surface area contributed by atoms with E-state index in [1.807, 2.05) is 34.6 Å². The number of carbonyl (C=O) groups is 3. The number of nitrogens with two attached hydrogens (primary N) is 2. The Morgan fingerprint density at radius 1 is 1.33 bits per heavy atom. The molecule has 0 aliphatic carbocycles. The number of aromatic nitrogens is 1. The van der Waals surface area contributed by atoms with Crippen LogP contribution in [-0.4, -0.2) is 57.8 Å². The minimum atomic E-state index is -0.794. The third-order valence-electron chi connectivity index (χ3n) is 4.71. The Hall–Kier alpha value is -2.20. The molecule has 0 unspecified atom stereocenters. The number of hydrogen-bond donors (Lipinski definition) is 3. The molecule has 0 radical (unpaired) electrons. The van der Waals surface area contributed by atoms with E-state index >= 15 is 0 Å². The first-order valence-corrected chi connectivity index (χ1v) is 11.0. The van der Waals surface area contributed by atoms with E-state index in [9.17, 15) is 14.4 Å². The molecule has 1 aliphatic heterocycles. The van der Waals surface area contributed by atoms with E-state index in [1.165, 1.54) is 4.90 Å². The van der Waals surface area contributed by atoms with Crippen LogP contribution < -0.4 is 16.8 Å². The fraction of sp³-hybridized carbons (Fsp3) is 0.700. The summed E-state index contributed by atoms with van der Waals surface area (Å²) in [5, 5.41) is 2.98. The van der Waals surface area contributed by atoms with E-state index in [1.54, 1.807) is 0 Å². The fourth-order valence-corrected chi connectivity index (χ4v) is 4.16. The van der Waals surface area contributed by atoms with Gasteiger partial charge < -0.3 is 26.4 Å². The molecule has 2 atom stereocenters. The molecule has 1 aromatic heterocycles. The molecule has 3 amide bonds. The van der Waals surface area contributed by atoms with Crippen molar-refractivity contribution in [3.63, 3.8) is 0 Å². The first-order valence-electron chi connectivity index (χ1n) is 10.2. The monoisotopic (exact) mass is 439 g/mol. The van der Waals surface area contributed by atoms with Crippen molar-refractivity contribution in [2.75, 3.05) is 18.9 Å². The second kappa shape index (κ2) is 9.74. The minimum Gasteiger partial charge on any atom is -0.395 e. The first-order chi connectivity index (χ1) is 13.9. The maximum atomic E-state index is 13.5. The number of rotatable bonds is 8. The Morgan fingerprint density at radius 3 is 2.47 bits per heavy atom. The van der Waals surface area contributed by atoms with Crippen molar-refractivity contribution in [1.82, 2.24) is 14.6 Å². The van der Waals surface area contributed by atoms with Gasteiger partial charge in [-0.25, -0.2) is 0 Å². The smallest absolute Gasteiger partial charge is 0.270 e. The molecule has 0 saturated carbocycles. The van der Waals surface area contributed by atoms with E-state index in [2.05, 4.69) is 9.69 Å². The lowest BCUT2D eigenvalue weighted by molar-refractivity contribution is -0.128. The zero-order chi connectivity index (χ0) is 22.6. The summed E-state index contributed by atoms with van der Waals surface area (Å²) in [7, 11) is 0. The van der Waals surface area contributed by atoms with Crippen LogP contribution in [0.2, 0.25) is 0 Å². The molecule has 0 bridgehead atoms. The van der Waals surface area contributed by atoms with Crippen molar-refractivity contribution in [2.24, 2.45) is 11.7 Å². The van der Waals surface area contributed by atoms with Gasteiger partial charge in [-0.2, -0.15) is 4.37 Å². The highest BCUT2D eigenvalue weighted by Gasteiger charge is 2.37. The van der Waals surface area contributed by atoms with Gasteiger partial charge in [0.2, 0.25) is 5.91 Å². The molecule has 1 fully saturated rings. The van der Waals surface area contributed by atoms with Gasteiger partial charge in [-0.15, -0.1) is 0 Å². The summed E-state index contributed by atoms with van der Waals surface area (Å²) in [6, 6.07) is -0.709. The lowest BCUT2D eigenvalue weighted by atomic mass is 9.98. The summed E-state index contributed by atoms with van der Waals surface area (Å²) in [6.07, 6.45) is 2.03. The summed E-state index contributed by atoms with van der Waals surface area (Å²) in [6.45, 7) is 10.6. The molecular formula is C20H33N5O4S. The summed E-state index contributed by atoms with van der Waals surface area (Å²) < 4.78 is 9.67. The molecule has 1 aliphatic rings. The number of nitrogen functional groups attached to an aromatic ring is 1. The average Bonchev–Trinajstić information content (AvgIpc) is 3.25. The van der Waals surface area contributed by atoms with Gasteiger partial charge in [-0.05, 0) is 57.5 Å². The number of hydrogen-bond acceptors (Lipinski definition) is 7. The van der Waals surface area contributed by atoms with E-state index in [0.717, 1.165) is 24.4 Å². The van der Waals surface area contributed by atoms with E-state index in [-0.39, 0.29) is 40.7 Å². The zero-order valence-corrected chi connectivity index (χ0v) is 19.2. The van der Waals surface area contributed by atoms with Gasteiger partial charge in [0.25, 0.3) is 11.8 Å². The number of ether oxygens (including phenoxy) is 1. The molecule has 5 N–H and O–H groups in total. The number of nitrogens with zero attached hydrogens (tertiary/aromatic N) is 2. The highest BCUT2D eigenvalue weighted by molar-refractivity contribution is 7.09. The lowest BCUT2D eigenvalue weighted by Crippen LogP contribution is -2.55. The van der Waals surface area contributed by atoms with Crippen molar-refractivity contribution >= 4 is 34.9 Å². The van der Waals surface area contributed by atoms with Gasteiger partial charge in [0.05, 0.1) is 11.8 Å².